The molecule has 0 atom stereocenters. The Labute approximate surface area is 122 Å². The number of amides is 1. The normalized spacial score (nSPS) is 12.8. The molecule has 3 rings (SSSR count). The third kappa shape index (κ3) is 2.40. The van der Waals surface area contributed by atoms with E-state index in [1.165, 1.54) is 6.92 Å². The summed E-state index contributed by atoms with van der Waals surface area (Å²) in [6, 6.07) is 3.89. The van der Waals surface area contributed by atoms with E-state index in [9.17, 15) is 4.79 Å². The summed E-state index contributed by atoms with van der Waals surface area (Å²) in [6.07, 6.45) is 4.30. The zero-order chi connectivity index (χ0) is 15.0. The van der Waals surface area contributed by atoms with Crippen LogP contribution in [0.25, 0.3) is 11.1 Å². The van der Waals surface area contributed by atoms with Gasteiger partial charge in [0.2, 0.25) is 5.91 Å². The first kappa shape index (κ1) is 13.4. The number of nitrogens with one attached hydrogen (secondary N) is 1. The van der Waals surface area contributed by atoms with Gasteiger partial charge in [0, 0.05) is 43.3 Å². The van der Waals surface area contributed by atoms with Crippen LogP contribution in [0.4, 0.5) is 5.69 Å². The van der Waals surface area contributed by atoms with E-state index in [0.29, 0.717) is 12.3 Å². The van der Waals surface area contributed by atoms with Crippen LogP contribution in [0.3, 0.4) is 0 Å². The molecule has 1 amide bonds. The molecule has 0 aliphatic carbocycles. The molecule has 1 N–H and O–H groups in total. The molecule has 21 heavy (non-hydrogen) atoms. The molecule has 0 fully saturated rings. The van der Waals surface area contributed by atoms with Crippen LogP contribution in [0, 0.1) is 0 Å². The molecule has 2 heterocycles. The topological polar surface area (TPSA) is 68.5 Å². The second-order valence-corrected chi connectivity index (χ2v) is 4.96. The third-order valence-electron chi connectivity index (χ3n) is 3.39. The van der Waals surface area contributed by atoms with Gasteiger partial charge in [-0.2, -0.15) is 5.10 Å². The van der Waals surface area contributed by atoms with E-state index < -0.39 is 0 Å². The highest BCUT2D eigenvalue weighted by Gasteiger charge is 2.23. The Hall–Kier alpha value is -2.63. The summed E-state index contributed by atoms with van der Waals surface area (Å²) in [4.78, 5) is 15.8. The van der Waals surface area contributed by atoms with Crippen molar-refractivity contribution in [1.29, 1.82) is 0 Å². The number of methoxy groups -OCH3 is 1. The van der Waals surface area contributed by atoms with Gasteiger partial charge in [-0.3, -0.25) is 9.48 Å². The van der Waals surface area contributed by atoms with E-state index >= 15 is 0 Å². The largest absolute Gasteiger partial charge is 0.496 e. The SMILES string of the molecule is COc1ccc(-c2cnn(C)c2)c2c1CC(NC(C)=O)=N2. The minimum absolute atomic E-state index is 0.122. The molecule has 0 saturated carbocycles. The fraction of sp³-hybridized carbons (Fsp3) is 0.267. The molecule has 0 radical (unpaired) electrons. The predicted molar refractivity (Wildman–Crippen MR) is 79.8 cm³/mol. The predicted octanol–water partition coefficient (Wildman–Crippen LogP) is 1.82. The standard InChI is InChI=1S/C15H16N4O2/c1-9(20)17-14-6-12-13(21-3)5-4-11(15(12)18-14)10-7-16-19(2)8-10/h4-5,7-8H,6H2,1-3H3,(H,17,18,20). The smallest absolute Gasteiger partial charge is 0.222 e. The molecule has 0 bridgehead atoms. The monoisotopic (exact) mass is 284 g/mol. The van der Waals surface area contributed by atoms with Crippen molar-refractivity contribution in [3.63, 3.8) is 0 Å². The molecule has 1 aliphatic heterocycles. The molecular weight excluding hydrogens is 268 g/mol. The zero-order valence-electron chi connectivity index (χ0n) is 12.2. The van der Waals surface area contributed by atoms with Crippen molar-refractivity contribution in [2.24, 2.45) is 12.0 Å². The van der Waals surface area contributed by atoms with Crippen molar-refractivity contribution in [2.45, 2.75) is 13.3 Å². The Kier molecular flexibility index (Phi) is 3.21. The molecule has 1 aromatic carbocycles. The van der Waals surface area contributed by atoms with Crippen LogP contribution in [0.5, 0.6) is 5.75 Å². The highest BCUT2D eigenvalue weighted by Crippen LogP contribution is 2.41. The van der Waals surface area contributed by atoms with Gasteiger partial charge in [-0.15, -0.1) is 0 Å². The maximum absolute atomic E-state index is 11.2. The average Bonchev–Trinajstić information content (AvgIpc) is 3.02. The van der Waals surface area contributed by atoms with Gasteiger partial charge < -0.3 is 10.1 Å². The van der Waals surface area contributed by atoms with Crippen LogP contribution in [0.1, 0.15) is 12.5 Å². The summed E-state index contributed by atoms with van der Waals surface area (Å²) in [7, 11) is 3.51. The lowest BCUT2D eigenvalue weighted by atomic mass is 10.0. The van der Waals surface area contributed by atoms with E-state index in [2.05, 4.69) is 15.4 Å². The number of fused-ring (bicyclic) bond motifs is 1. The van der Waals surface area contributed by atoms with Crippen LogP contribution in [-0.4, -0.2) is 28.6 Å². The lowest BCUT2D eigenvalue weighted by Crippen LogP contribution is -2.27. The molecular formula is C15H16N4O2. The van der Waals surface area contributed by atoms with E-state index in [-0.39, 0.29) is 5.91 Å². The molecule has 6 heteroatoms. The summed E-state index contributed by atoms with van der Waals surface area (Å²) in [5, 5.41) is 6.95. The fourth-order valence-electron chi connectivity index (χ4n) is 2.52. The Morgan fingerprint density at radius 1 is 1.43 bits per heavy atom. The Morgan fingerprint density at radius 3 is 2.86 bits per heavy atom. The summed E-state index contributed by atoms with van der Waals surface area (Å²) >= 11 is 0. The maximum atomic E-state index is 11.2. The molecule has 1 aromatic heterocycles. The molecule has 6 nitrogen and oxygen atoms in total. The minimum atomic E-state index is -0.122. The van der Waals surface area contributed by atoms with Gasteiger partial charge in [0.05, 0.1) is 19.0 Å². The number of carbonyl (C=O) groups is 1. The number of carbonyl (C=O) groups excluding carboxylic acids is 1. The Morgan fingerprint density at radius 2 is 2.24 bits per heavy atom. The second kappa shape index (κ2) is 5.05. The van der Waals surface area contributed by atoms with E-state index in [1.807, 2.05) is 25.4 Å². The van der Waals surface area contributed by atoms with Gasteiger partial charge in [0.25, 0.3) is 0 Å². The number of hydrogen-bond acceptors (Lipinski definition) is 4. The van der Waals surface area contributed by atoms with Crippen molar-refractivity contribution in [3.8, 4) is 16.9 Å². The van der Waals surface area contributed by atoms with E-state index in [0.717, 1.165) is 28.1 Å². The van der Waals surface area contributed by atoms with Gasteiger partial charge in [-0.25, -0.2) is 4.99 Å². The highest BCUT2D eigenvalue weighted by molar-refractivity contribution is 6.04. The van der Waals surface area contributed by atoms with Crippen molar-refractivity contribution in [1.82, 2.24) is 15.1 Å². The van der Waals surface area contributed by atoms with Crippen molar-refractivity contribution in [3.05, 3.63) is 30.1 Å². The summed E-state index contributed by atoms with van der Waals surface area (Å²) in [6.45, 7) is 1.48. The quantitative estimate of drug-likeness (QED) is 0.914. The van der Waals surface area contributed by atoms with Crippen molar-refractivity contribution in [2.75, 3.05) is 7.11 Å². The summed E-state index contributed by atoms with van der Waals surface area (Å²) in [5.41, 5.74) is 3.80. The van der Waals surface area contributed by atoms with Crippen LogP contribution < -0.4 is 10.1 Å². The fourth-order valence-corrected chi connectivity index (χ4v) is 2.52. The maximum Gasteiger partial charge on any atom is 0.222 e. The highest BCUT2D eigenvalue weighted by atomic mass is 16.5. The number of benzene rings is 1. The molecule has 0 unspecified atom stereocenters. The second-order valence-electron chi connectivity index (χ2n) is 4.96. The third-order valence-corrected chi connectivity index (χ3v) is 3.39. The number of ether oxygens (including phenoxy) is 1. The molecule has 0 saturated heterocycles. The average molecular weight is 284 g/mol. The first-order valence-corrected chi connectivity index (χ1v) is 6.62. The number of amidine groups is 1. The van der Waals surface area contributed by atoms with Gasteiger partial charge in [-0.05, 0) is 12.1 Å². The molecule has 108 valence electrons. The molecule has 2 aromatic rings. The van der Waals surface area contributed by atoms with Crippen molar-refractivity contribution >= 4 is 17.4 Å². The summed E-state index contributed by atoms with van der Waals surface area (Å²) < 4.78 is 7.15. The number of aliphatic imine (C=N–C) groups is 1. The van der Waals surface area contributed by atoms with Crippen LogP contribution in [0.2, 0.25) is 0 Å². The molecule has 1 aliphatic rings. The van der Waals surface area contributed by atoms with Gasteiger partial charge >= 0.3 is 0 Å². The number of aromatic nitrogens is 2. The van der Waals surface area contributed by atoms with Gasteiger partial charge in [0.15, 0.2) is 0 Å². The van der Waals surface area contributed by atoms with Gasteiger partial charge in [0.1, 0.15) is 11.6 Å². The number of aryl methyl sites for hydroxylation is 1. The lowest BCUT2D eigenvalue weighted by Gasteiger charge is -2.09. The van der Waals surface area contributed by atoms with Crippen molar-refractivity contribution < 1.29 is 9.53 Å². The minimum Gasteiger partial charge on any atom is -0.496 e. The first-order chi connectivity index (χ1) is 10.1. The Bertz CT molecular complexity index is 746. The lowest BCUT2D eigenvalue weighted by molar-refractivity contribution is -0.117. The van der Waals surface area contributed by atoms with E-state index in [1.54, 1.807) is 18.0 Å². The van der Waals surface area contributed by atoms with Crippen LogP contribution in [-0.2, 0) is 18.3 Å². The molecule has 0 spiro atoms. The van der Waals surface area contributed by atoms with Gasteiger partial charge in [-0.1, -0.05) is 0 Å². The zero-order valence-corrected chi connectivity index (χ0v) is 12.2. The first-order valence-electron chi connectivity index (χ1n) is 6.62. The number of nitrogens with zero attached hydrogens (tertiary/aromatic N) is 3. The van der Waals surface area contributed by atoms with Crippen LogP contribution in [0.15, 0.2) is 29.5 Å². The number of rotatable bonds is 2. The summed E-state index contributed by atoms with van der Waals surface area (Å²) in [5.74, 6) is 1.30. The van der Waals surface area contributed by atoms with Crippen LogP contribution >= 0.6 is 0 Å². The van der Waals surface area contributed by atoms with E-state index in [4.69, 9.17) is 4.74 Å². The number of hydrogen-bond donors (Lipinski definition) is 1. The Balaban J connectivity index is 2.10.